The number of nitrogens with zero attached hydrogens (tertiary/aromatic N) is 2. The van der Waals surface area contributed by atoms with Crippen molar-refractivity contribution in [2.75, 3.05) is 6.61 Å². The van der Waals surface area contributed by atoms with Gasteiger partial charge in [0.2, 0.25) is 0 Å². The van der Waals surface area contributed by atoms with Crippen molar-refractivity contribution in [3.8, 4) is 11.3 Å². The van der Waals surface area contributed by atoms with Gasteiger partial charge in [-0.15, -0.1) is 0 Å². The van der Waals surface area contributed by atoms with Gasteiger partial charge in [-0.05, 0) is 25.0 Å². The largest absolute Gasteiger partial charge is 0.396 e. The first-order chi connectivity index (χ1) is 8.63. The van der Waals surface area contributed by atoms with E-state index in [1.54, 1.807) is 12.4 Å². The third-order valence-electron chi connectivity index (χ3n) is 3.14. The number of pyridine rings is 1. The third kappa shape index (κ3) is 2.76. The molecule has 0 radical (unpaired) electrons. The molecule has 0 atom stereocenters. The van der Waals surface area contributed by atoms with Gasteiger partial charge in [0.1, 0.15) is 5.82 Å². The van der Waals surface area contributed by atoms with Crippen molar-refractivity contribution < 1.29 is 5.11 Å². The van der Waals surface area contributed by atoms with Crippen molar-refractivity contribution in [2.24, 2.45) is 0 Å². The molecule has 96 valence electrons. The Balaban J connectivity index is 2.20. The molecule has 0 aliphatic rings. The summed E-state index contributed by atoms with van der Waals surface area (Å²) < 4.78 is 0. The SMILES string of the molecule is CC(C)(CCCO)c1nc(-c2cccnc2)c[nH]1. The molecule has 2 rings (SSSR count). The molecule has 18 heavy (non-hydrogen) atoms. The Morgan fingerprint density at radius 2 is 2.22 bits per heavy atom. The zero-order valence-electron chi connectivity index (χ0n) is 10.8. The molecule has 0 saturated carbocycles. The molecule has 0 aromatic carbocycles. The number of H-pyrrole nitrogens is 1. The van der Waals surface area contributed by atoms with Crippen LogP contribution in [0.25, 0.3) is 11.3 Å². The fourth-order valence-electron chi connectivity index (χ4n) is 1.97. The monoisotopic (exact) mass is 245 g/mol. The summed E-state index contributed by atoms with van der Waals surface area (Å²) in [7, 11) is 0. The van der Waals surface area contributed by atoms with Crippen LogP contribution in [-0.2, 0) is 5.41 Å². The van der Waals surface area contributed by atoms with Crippen LogP contribution in [-0.4, -0.2) is 26.7 Å². The molecule has 4 nitrogen and oxygen atoms in total. The lowest BCUT2D eigenvalue weighted by molar-refractivity contribution is 0.266. The zero-order chi connectivity index (χ0) is 13.0. The second-order valence-corrected chi connectivity index (χ2v) is 5.09. The minimum Gasteiger partial charge on any atom is -0.396 e. The summed E-state index contributed by atoms with van der Waals surface area (Å²) in [4.78, 5) is 12.0. The molecule has 0 saturated heterocycles. The van der Waals surface area contributed by atoms with E-state index in [0.717, 1.165) is 29.9 Å². The van der Waals surface area contributed by atoms with Gasteiger partial charge in [0.25, 0.3) is 0 Å². The number of aliphatic hydroxyl groups excluding tert-OH is 1. The number of aromatic amines is 1. The highest BCUT2D eigenvalue weighted by atomic mass is 16.2. The van der Waals surface area contributed by atoms with Gasteiger partial charge in [0.05, 0.1) is 5.69 Å². The molecule has 2 aromatic rings. The molecule has 4 heteroatoms. The van der Waals surface area contributed by atoms with E-state index in [-0.39, 0.29) is 12.0 Å². The second-order valence-electron chi connectivity index (χ2n) is 5.09. The van der Waals surface area contributed by atoms with Crippen molar-refractivity contribution in [1.82, 2.24) is 15.0 Å². The maximum atomic E-state index is 8.92. The Morgan fingerprint density at radius 3 is 2.89 bits per heavy atom. The van der Waals surface area contributed by atoms with E-state index in [2.05, 4.69) is 28.8 Å². The topological polar surface area (TPSA) is 61.8 Å². The van der Waals surface area contributed by atoms with Crippen LogP contribution in [0.2, 0.25) is 0 Å². The average Bonchev–Trinajstić information content (AvgIpc) is 2.88. The maximum absolute atomic E-state index is 8.92. The fourth-order valence-corrected chi connectivity index (χ4v) is 1.97. The average molecular weight is 245 g/mol. The predicted octanol–water partition coefficient (Wildman–Crippen LogP) is 2.52. The Labute approximate surface area is 107 Å². The van der Waals surface area contributed by atoms with E-state index < -0.39 is 0 Å². The zero-order valence-corrected chi connectivity index (χ0v) is 10.8. The van der Waals surface area contributed by atoms with Crippen LogP contribution in [0.3, 0.4) is 0 Å². The Bertz CT molecular complexity index is 491. The Morgan fingerprint density at radius 1 is 1.39 bits per heavy atom. The molecule has 0 aliphatic heterocycles. The molecule has 0 spiro atoms. The number of aliphatic hydroxyl groups is 1. The Hall–Kier alpha value is -1.68. The molecule has 2 heterocycles. The number of aromatic nitrogens is 3. The van der Waals surface area contributed by atoms with Gasteiger partial charge in [-0.3, -0.25) is 4.98 Å². The Kier molecular flexibility index (Phi) is 3.77. The number of imidazole rings is 1. The molecule has 0 aliphatic carbocycles. The van der Waals surface area contributed by atoms with Crippen molar-refractivity contribution in [2.45, 2.75) is 32.1 Å². The summed E-state index contributed by atoms with van der Waals surface area (Å²) in [5.41, 5.74) is 1.87. The van der Waals surface area contributed by atoms with Gasteiger partial charge in [-0.1, -0.05) is 13.8 Å². The van der Waals surface area contributed by atoms with Crippen LogP contribution in [0, 0.1) is 0 Å². The van der Waals surface area contributed by atoms with E-state index in [0.29, 0.717) is 0 Å². The normalized spacial score (nSPS) is 11.7. The van der Waals surface area contributed by atoms with E-state index in [1.165, 1.54) is 0 Å². The van der Waals surface area contributed by atoms with Crippen LogP contribution in [0.15, 0.2) is 30.7 Å². The minimum atomic E-state index is -0.0524. The summed E-state index contributed by atoms with van der Waals surface area (Å²) in [6.45, 7) is 4.49. The van der Waals surface area contributed by atoms with Crippen molar-refractivity contribution in [1.29, 1.82) is 0 Å². The standard InChI is InChI=1S/C14H19N3O/c1-14(2,6-4-8-18)13-16-10-12(17-13)11-5-3-7-15-9-11/h3,5,7,9-10,18H,4,6,8H2,1-2H3,(H,16,17). The molecular weight excluding hydrogens is 226 g/mol. The fraction of sp³-hybridized carbons (Fsp3) is 0.429. The molecule has 2 aromatic heterocycles. The van der Waals surface area contributed by atoms with Crippen molar-refractivity contribution >= 4 is 0 Å². The van der Waals surface area contributed by atoms with Gasteiger partial charge in [-0.2, -0.15) is 0 Å². The molecular formula is C14H19N3O. The van der Waals surface area contributed by atoms with Crippen LogP contribution in [0.5, 0.6) is 0 Å². The second kappa shape index (κ2) is 5.31. The van der Waals surface area contributed by atoms with Crippen molar-refractivity contribution in [3.63, 3.8) is 0 Å². The lowest BCUT2D eigenvalue weighted by Crippen LogP contribution is -2.19. The van der Waals surface area contributed by atoms with Crippen molar-refractivity contribution in [3.05, 3.63) is 36.5 Å². The summed E-state index contributed by atoms with van der Waals surface area (Å²) >= 11 is 0. The third-order valence-corrected chi connectivity index (χ3v) is 3.14. The van der Waals surface area contributed by atoms with Crippen LogP contribution in [0.4, 0.5) is 0 Å². The number of rotatable bonds is 5. The summed E-state index contributed by atoms with van der Waals surface area (Å²) in [6.07, 6.45) is 7.16. The minimum absolute atomic E-state index is 0.0524. The van der Waals surface area contributed by atoms with E-state index >= 15 is 0 Å². The smallest absolute Gasteiger partial charge is 0.112 e. The number of nitrogens with one attached hydrogen (secondary N) is 1. The molecule has 0 fully saturated rings. The lowest BCUT2D eigenvalue weighted by atomic mass is 9.87. The van der Waals surface area contributed by atoms with Crippen LogP contribution < -0.4 is 0 Å². The van der Waals surface area contributed by atoms with Crippen LogP contribution in [0.1, 0.15) is 32.5 Å². The van der Waals surface area contributed by atoms with E-state index in [1.807, 2.05) is 18.3 Å². The van der Waals surface area contributed by atoms with Gasteiger partial charge in [0.15, 0.2) is 0 Å². The van der Waals surface area contributed by atoms with Gasteiger partial charge < -0.3 is 10.1 Å². The first-order valence-electron chi connectivity index (χ1n) is 6.20. The molecule has 2 N–H and O–H groups in total. The van der Waals surface area contributed by atoms with Gasteiger partial charge >= 0.3 is 0 Å². The van der Waals surface area contributed by atoms with E-state index in [9.17, 15) is 0 Å². The van der Waals surface area contributed by atoms with Gasteiger partial charge in [0, 0.05) is 36.2 Å². The van der Waals surface area contributed by atoms with Gasteiger partial charge in [-0.25, -0.2) is 4.98 Å². The number of hydrogen-bond donors (Lipinski definition) is 2. The quantitative estimate of drug-likeness (QED) is 0.850. The highest BCUT2D eigenvalue weighted by molar-refractivity contribution is 5.56. The first kappa shape index (κ1) is 12.8. The van der Waals surface area contributed by atoms with Crippen LogP contribution >= 0.6 is 0 Å². The predicted molar refractivity (Wildman–Crippen MR) is 71.2 cm³/mol. The summed E-state index contributed by atoms with van der Waals surface area (Å²) in [6, 6.07) is 3.90. The molecule has 0 unspecified atom stereocenters. The molecule has 0 bridgehead atoms. The summed E-state index contributed by atoms with van der Waals surface area (Å²) in [5, 5.41) is 8.92. The first-order valence-corrected chi connectivity index (χ1v) is 6.20. The lowest BCUT2D eigenvalue weighted by Gasteiger charge is -2.21. The highest BCUT2D eigenvalue weighted by Gasteiger charge is 2.23. The summed E-state index contributed by atoms with van der Waals surface area (Å²) in [5.74, 6) is 0.954. The number of hydrogen-bond acceptors (Lipinski definition) is 3. The van der Waals surface area contributed by atoms with E-state index in [4.69, 9.17) is 5.11 Å². The molecule has 0 amide bonds. The maximum Gasteiger partial charge on any atom is 0.112 e. The highest BCUT2D eigenvalue weighted by Crippen LogP contribution is 2.27.